The Balaban J connectivity index is 1.80. The number of carboxylic acid groups (broad SMARTS) is 1. The highest BCUT2D eigenvalue weighted by Crippen LogP contribution is 2.44. The number of aromatic nitrogens is 4. The van der Waals surface area contributed by atoms with Gasteiger partial charge in [-0.05, 0) is 81.0 Å². The number of nitrogens with one attached hydrogen (secondary N) is 2. The van der Waals surface area contributed by atoms with Crippen LogP contribution in [-0.4, -0.2) is 48.7 Å². The SMILES string of the molecule is CCC1=C(C)c2cc3nc(cc4[nH]c(c5c6[nH]c(cc1n2)c(C)c6C(=O)OC5=O)[C@@H](CCC(=O)O)[C@@H]4C)C(C)=C3C(C)=O. The van der Waals surface area contributed by atoms with Crippen LogP contribution in [-0.2, 0) is 14.3 Å². The summed E-state index contributed by atoms with van der Waals surface area (Å²) >= 11 is 0. The summed E-state index contributed by atoms with van der Waals surface area (Å²) in [6.45, 7) is 11.1. The summed E-state index contributed by atoms with van der Waals surface area (Å²) < 4.78 is 5.25. The van der Waals surface area contributed by atoms with Crippen LogP contribution in [0, 0.1) is 6.92 Å². The Morgan fingerprint density at radius 1 is 0.930 bits per heavy atom. The van der Waals surface area contributed by atoms with Gasteiger partial charge in [0, 0.05) is 40.7 Å². The second-order valence-electron chi connectivity index (χ2n) is 11.5. The summed E-state index contributed by atoms with van der Waals surface area (Å²) in [6, 6.07) is 5.56. The number of ether oxygens (including phenoxy) is 1. The zero-order valence-electron chi connectivity index (χ0n) is 24.9. The second kappa shape index (κ2) is 10.1. The van der Waals surface area contributed by atoms with Crippen LogP contribution in [0.3, 0.4) is 0 Å². The number of carbonyl (C=O) groups is 4. The van der Waals surface area contributed by atoms with Gasteiger partial charge in [-0.25, -0.2) is 19.6 Å². The third-order valence-electron chi connectivity index (χ3n) is 9.01. The first-order chi connectivity index (χ1) is 20.4. The highest BCUT2D eigenvalue weighted by atomic mass is 16.6. The van der Waals surface area contributed by atoms with Crippen molar-refractivity contribution in [2.75, 3.05) is 0 Å². The number of aliphatic carboxylic acids is 1. The van der Waals surface area contributed by atoms with Crippen LogP contribution in [0.5, 0.6) is 0 Å². The van der Waals surface area contributed by atoms with Crippen molar-refractivity contribution in [3.8, 4) is 0 Å². The lowest BCUT2D eigenvalue weighted by molar-refractivity contribution is -0.137. The molecular formula is C33H32N4O6. The molecule has 0 aromatic carbocycles. The summed E-state index contributed by atoms with van der Waals surface area (Å²) in [5.74, 6) is -3.23. The van der Waals surface area contributed by atoms with E-state index in [9.17, 15) is 24.3 Å². The average molecular weight is 581 g/mol. The van der Waals surface area contributed by atoms with Crippen LogP contribution in [0.25, 0.3) is 33.3 Å². The minimum Gasteiger partial charge on any atom is -0.481 e. The third kappa shape index (κ3) is 4.40. The van der Waals surface area contributed by atoms with Gasteiger partial charge in [-0.15, -0.1) is 0 Å². The van der Waals surface area contributed by atoms with Gasteiger partial charge in [0.15, 0.2) is 5.78 Å². The highest BCUT2D eigenvalue weighted by Gasteiger charge is 2.38. The van der Waals surface area contributed by atoms with E-state index in [2.05, 4.69) is 9.97 Å². The van der Waals surface area contributed by atoms with Gasteiger partial charge in [0.2, 0.25) is 0 Å². The number of carbonyl (C=O) groups excluding carboxylic acids is 3. The van der Waals surface area contributed by atoms with Crippen molar-refractivity contribution in [2.45, 2.75) is 72.6 Å². The molecule has 220 valence electrons. The standard InChI is InChI=1S/C33H32N4O6/c1-7-18-13(2)20-12-25-27(17(6)38)15(4)22(35-25)10-21-14(3)19(8-9-26(39)40)30(36-21)29-31-28(32(41)43-33(29)42)16(5)23(37-31)11-24(18)34-20/h10-12,14,19,36-37H,7-9H2,1-6H3,(H,39,40)/t14-,19-/m0/s1. The molecule has 43 heavy (non-hydrogen) atoms. The number of Topliss-reactive ketones (excluding diaryl/α,β-unsaturated/α-hetero) is 1. The van der Waals surface area contributed by atoms with Crippen LogP contribution < -0.4 is 0 Å². The molecule has 2 aromatic rings. The van der Waals surface area contributed by atoms with E-state index < -0.39 is 17.9 Å². The maximum absolute atomic E-state index is 13.4. The molecule has 0 unspecified atom stereocenters. The molecule has 0 radical (unpaired) electrons. The summed E-state index contributed by atoms with van der Waals surface area (Å²) in [7, 11) is 0. The number of nitrogens with zero attached hydrogens (tertiary/aromatic N) is 2. The van der Waals surface area contributed by atoms with Gasteiger partial charge in [-0.2, -0.15) is 0 Å². The minimum atomic E-state index is -0.953. The fourth-order valence-electron chi connectivity index (χ4n) is 6.68. The molecule has 0 fully saturated rings. The Morgan fingerprint density at radius 3 is 2.28 bits per heavy atom. The van der Waals surface area contributed by atoms with Crippen LogP contribution in [0.4, 0.5) is 0 Å². The first-order valence-corrected chi connectivity index (χ1v) is 14.4. The number of carboxylic acids is 1. The minimum absolute atomic E-state index is 0.114. The predicted octanol–water partition coefficient (Wildman–Crippen LogP) is 6.27. The fraction of sp³-hybridized carbons (Fsp3) is 0.333. The summed E-state index contributed by atoms with van der Waals surface area (Å²) in [4.78, 5) is 67.4. The largest absolute Gasteiger partial charge is 0.481 e. The van der Waals surface area contributed by atoms with Crippen molar-refractivity contribution in [1.29, 1.82) is 0 Å². The molecule has 0 aliphatic carbocycles. The van der Waals surface area contributed by atoms with E-state index in [1.165, 1.54) is 6.92 Å². The van der Waals surface area contributed by atoms with E-state index in [1.54, 1.807) is 6.92 Å². The average Bonchev–Trinajstić information content (AvgIpc) is 3.61. The Morgan fingerprint density at radius 2 is 1.60 bits per heavy atom. The highest BCUT2D eigenvalue weighted by molar-refractivity contribution is 6.27. The first kappa shape index (κ1) is 28.3. The smallest absolute Gasteiger partial charge is 0.349 e. The zero-order chi connectivity index (χ0) is 30.9. The van der Waals surface area contributed by atoms with Crippen molar-refractivity contribution in [2.24, 2.45) is 0 Å². The summed E-state index contributed by atoms with van der Waals surface area (Å²) in [5.41, 5.74) is 8.92. The van der Waals surface area contributed by atoms with E-state index in [1.807, 2.05) is 45.9 Å². The monoisotopic (exact) mass is 580 g/mol. The van der Waals surface area contributed by atoms with Gasteiger partial charge in [0.05, 0.1) is 33.9 Å². The van der Waals surface area contributed by atoms with Gasteiger partial charge in [-0.1, -0.05) is 13.8 Å². The van der Waals surface area contributed by atoms with E-state index in [-0.39, 0.29) is 41.6 Å². The van der Waals surface area contributed by atoms with E-state index >= 15 is 0 Å². The summed E-state index contributed by atoms with van der Waals surface area (Å²) in [5, 5.41) is 9.51. The number of aromatic amines is 2. The van der Waals surface area contributed by atoms with Crippen molar-refractivity contribution in [3.05, 3.63) is 69.1 Å². The topological polar surface area (TPSA) is 155 Å². The van der Waals surface area contributed by atoms with Gasteiger partial charge < -0.3 is 19.8 Å². The molecule has 10 heteroatoms. The van der Waals surface area contributed by atoms with Crippen LogP contribution >= 0.6 is 0 Å². The second-order valence-corrected chi connectivity index (χ2v) is 11.5. The molecule has 3 N–H and O–H groups in total. The normalized spacial score (nSPS) is 18.7. The van der Waals surface area contributed by atoms with E-state index in [4.69, 9.17) is 14.7 Å². The lowest BCUT2D eigenvalue weighted by atomic mass is 9.85. The molecule has 6 rings (SSSR count). The molecule has 4 aliphatic heterocycles. The Hall–Kier alpha value is -4.86. The maximum Gasteiger partial charge on any atom is 0.349 e. The van der Waals surface area contributed by atoms with Crippen molar-refractivity contribution < 1.29 is 29.0 Å². The molecule has 8 bridgehead atoms. The van der Waals surface area contributed by atoms with Crippen molar-refractivity contribution >= 4 is 57.0 Å². The van der Waals surface area contributed by atoms with Crippen molar-refractivity contribution in [1.82, 2.24) is 19.9 Å². The number of esters is 2. The van der Waals surface area contributed by atoms with Gasteiger partial charge in [0.25, 0.3) is 0 Å². The van der Waals surface area contributed by atoms with Crippen LogP contribution in [0.15, 0.2) is 18.2 Å². The number of H-pyrrole nitrogens is 2. The summed E-state index contributed by atoms with van der Waals surface area (Å²) in [6.07, 6.45) is 0.833. The third-order valence-corrected chi connectivity index (χ3v) is 9.01. The van der Waals surface area contributed by atoms with Gasteiger partial charge in [0.1, 0.15) is 5.56 Å². The molecule has 10 nitrogen and oxygen atoms in total. The molecule has 0 saturated carbocycles. The molecule has 0 amide bonds. The van der Waals surface area contributed by atoms with Gasteiger partial charge >= 0.3 is 17.9 Å². The Kier molecular flexibility index (Phi) is 6.67. The predicted molar refractivity (Wildman–Crippen MR) is 161 cm³/mol. The van der Waals surface area contributed by atoms with Crippen LogP contribution in [0.1, 0.15) is 126 Å². The molecular weight excluding hydrogens is 548 g/mol. The van der Waals surface area contributed by atoms with Gasteiger partial charge in [-0.3, -0.25) is 9.59 Å². The Labute approximate surface area is 247 Å². The molecule has 0 spiro atoms. The molecule has 0 saturated heterocycles. The number of allylic oxidation sites excluding steroid dienone is 4. The number of fused-ring (bicyclic) bond motifs is 8. The number of hydrogen-bond acceptors (Lipinski definition) is 7. The molecule has 6 heterocycles. The fourth-order valence-corrected chi connectivity index (χ4v) is 6.68. The first-order valence-electron chi connectivity index (χ1n) is 14.4. The Bertz CT molecular complexity index is 1940. The number of cyclic esters (lactones) is 2. The number of aryl methyl sites for hydroxylation is 1. The zero-order valence-corrected chi connectivity index (χ0v) is 24.9. The number of ketones is 1. The molecule has 2 aromatic heterocycles. The van der Waals surface area contributed by atoms with E-state index in [0.29, 0.717) is 68.3 Å². The quantitative estimate of drug-likeness (QED) is 0.276. The number of hydrogen-bond donors (Lipinski definition) is 3. The van der Waals surface area contributed by atoms with Crippen molar-refractivity contribution in [3.63, 3.8) is 0 Å². The van der Waals surface area contributed by atoms with E-state index in [0.717, 1.165) is 11.1 Å². The number of rotatable bonds is 5. The van der Waals surface area contributed by atoms with Crippen LogP contribution in [0.2, 0.25) is 0 Å². The lowest BCUT2D eigenvalue weighted by Gasteiger charge is -2.19. The maximum atomic E-state index is 13.4. The molecule has 4 aliphatic rings. The molecule has 2 atom stereocenters. The lowest BCUT2D eigenvalue weighted by Crippen LogP contribution is -2.21.